The molecule has 0 saturated heterocycles. The summed E-state index contributed by atoms with van der Waals surface area (Å²) in [4.78, 5) is 0. The van der Waals surface area contributed by atoms with Gasteiger partial charge in [-0.2, -0.15) is 0 Å². The van der Waals surface area contributed by atoms with Crippen LogP contribution in [-0.2, 0) is 4.74 Å². The SMILES string of the molecule is CCO/C=C/[Te]c1ccccc1. The summed E-state index contributed by atoms with van der Waals surface area (Å²) in [6, 6.07) is 10.5. The molecule has 0 spiro atoms. The Balaban J connectivity index is 2.33. The Hall–Kier alpha value is -0.450. The molecule has 1 aromatic carbocycles. The fourth-order valence-electron chi connectivity index (χ4n) is 0.741. The summed E-state index contributed by atoms with van der Waals surface area (Å²) in [6.45, 7) is 2.76. The Morgan fingerprint density at radius 1 is 1.33 bits per heavy atom. The molecule has 0 aliphatic rings. The van der Waals surface area contributed by atoms with E-state index in [0.717, 1.165) is 6.61 Å². The van der Waals surface area contributed by atoms with Crippen molar-refractivity contribution in [3.05, 3.63) is 40.7 Å². The molecule has 0 N–H and O–H groups in total. The summed E-state index contributed by atoms with van der Waals surface area (Å²) < 4.78 is 8.71. The standard InChI is InChI=1S/C10H12OTe/c1-2-11-8-9-12-10-6-4-3-5-7-10/h3-9H,2H2,1H3/b9-8+. The number of hydrogen-bond donors (Lipinski definition) is 0. The van der Waals surface area contributed by atoms with E-state index in [1.807, 2.05) is 19.3 Å². The molecule has 0 amide bonds. The van der Waals surface area contributed by atoms with Crippen molar-refractivity contribution in [2.45, 2.75) is 6.92 Å². The van der Waals surface area contributed by atoms with Gasteiger partial charge in [-0.25, -0.2) is 0 Å². The van der Waals surface area contributed by atoms with Crippen molar-refractivity contribution < 1.29 is 4.74 Å². The molecule has 64 valence electrons. The van der Waals surface area contributed by atoms with Gasteiger partial charge in [0.15, 0.2) is 0 Å². The van der Waals surface area contributed by atoms with E-state index in [1.54, 1.807) is 0 Å². The van der Waals surface area contributed by atoms with E-state index in [1.165, 1.54) is 3.61 Å². The summed E-state index contributed by atoms with van der Waals surface area (Å²) in [7, 11) is 0. The molecule has 0 aromatic heterocycles. The molecule has 0 radical (unpaired) electrons. The molecule has 1 nitrogen and oxygen atoms in total. The van der Waals surface area contributed by atoms with E-state index < -0.39 is 0 Å². The first-order chi connectivity index (χ1) is 5.93. The van der Waals surface area contributed by atoms with Gasteiger partial charge in [0.2, 0.25) is 0 Å². The van der Waals surface area contributed by atoms with E-state index in [-0.39, 0.29) is 20.9 Å². The van der Waals surface area contributed by atoms with Crippen LogP contribution in [0, 0.1) is 0 Å². The minimum absolute atomic E-state index is 0.162. The summed E-state index contributed by atoms with van der Waals surface area (Å²) in [6.07, 6.45) is 1.81. The molecule has 1 aromatic rings. The van der Waals surface area contributed by atoms with Gasteiger partial charge in [-0.05, 0) is 0 Å². The molecule has 12 heavy (non-hydrogen) atoms. The van der Waals surface area contributed by atoms with Crippen LogP contribution in [0.3, 0.4) is 0 Å². The number of ether oxygens (including phenoxy) is 1. The zero-order valence-electron chi connectivity index (χ0n) is 7.07. The normalized spacial score (nSPS) is 10.4. The van der Waals surface area contributed by atoms with Crippen LogP contribution < -0.4 is 3.61 Å². The third-order valence-electron chi connectivity index (χ3n) is 1.27. The molecule has 0 atom stereocenters. The zero-order chi connectivity index (χ0) is 8.65. The maximum atomic E-state index is 5.11. The van der Waals surface area contributed by atoms with Crippen LogP contribution in [-0.4, -0.2) is 27.5 Å². The zero-order valence-corrected chi connectivity index (χ0v) is 9.40. The summed E-state index contributed by atoms with van der Waals surface area (Å²) in [5.74, 6) is 0. The summed E-state index contributed by atoms with van der Waals surface area (Å²) >= 11 is -0.162. The fourth-order valence-corrected chi connectivity index (χ4v) is 2.47. The number of rotatable bonds is 4. The first kappa shape index (κ1) is 9.64. The second-order valence-corrected chi connectivity index (χ2v) is 4.95. The van der Waals surface area contributed by atoms with E-state index >= 15 is 0 Å². The van der Waals surface area contributed by atoms with E-state index in [2.05, 4.69) is 28.4 Å². The first-order valence-electron chi connectivity index (χ1n) is 3.92. The quantitative estimate of drug-likeness (QED) is 0.598. The fraction of sp³-hybridized carbons (Fsp3) is 0.200. The van der Waals surface area contributed by atoms with Crippen LogP contribution in [0.15, 0.2) is 40.7 Å². The van der Waals surface area contributed by atoms with Crippen molar-refractivity contribution in [1.29, 1.82) is 0 Å². The van der Waals surface area contributed by atoms with Crippen molar-refractivity contribution in [2.24, 2.45) is 0 Å². The van der Waals surface area contributed by atoms with Gasteiger partial charge in [0.1, 0.15) is 0 Å². The van der Waals surface area contributed by atoms with E-state index in [4.69, 9.17) is 4.74 Å². The van der Waals surface area contributed by atoms with Gasteiger partial charge >= 0.3 is 83.5 Å². The van der Waals surface area contributed by atoms with Gasteiger partial charge in [0.25, 0.3) is 0 Å². The molecule has 0 saturated carbocycles. The maximum absolute atomic E-state index is 5.11. The number of hydrogen-bond acceptors (Lipinski definition) is 1. The molecule has 0 bridgehead atoms. The molecular weight excluding hydrogens is 264 g/mol. The van der Waals surface area contributed by atoms with Gasteiger partial charge < -0.3 is 0 Å². The molecule has 0 aliphatic heterocycles. The average molecular weight is 276 g/mol. The van der Waals surface area contributed by atoms with E-state index in [9.17, 15) is 0 Å². The Labute approximate surface area is 83.5 Å². The van der Waals surface area contributed by atoms with Gasteiger partial charge in [-0.15, -0.1) is 0 Å². The third-order valence-corrected chi connectivity index (χ3v) is 3.52. The first-order valence-corrected chi connectivity index (χ1v) is 6.43. The molecular formula is C10H12OTe. The van der Waals surface area contributed by atoms with Crippen molar-refractivity contribution >= 4 is 24.5 Å². The summed E-state index contributed by atoms with van der Waals surface area (Å²) in [5, 5.41) is 0. The topological polar surface area (TPSA) is 9.23 Å². The van der Waals surface area contributed by atoms with Crippen LogP contribution >= 0.6 is 0 Å². The molecule has 0 aliphatic carbocycles. The van der Waals surface area contributed by atoms with E-state index in [0.29, 0.717) is 0 Å². The second kappa shape index (κ2) is 6.11. The van der Waals surface area contributed by atoms with Gasteiger partial charge in [0, 0.05) is 0 Å². The molecule has 0 unspecified atom stereocenters. The Kier molecular flexibility index (Phi) is 4.91. The average Bonchev–Trinajstić information content (AvgIpc) is 2.14. The molecule has 1 rings (SSSR count). The van der Waals surface area contributed by atoms with Crippen molar-refractivity contribution in [2.75, 3.05) is 6.61 Å². The van der Waals surface area contributed by atoms with Crippen molar-refractivity contribution in [3.63, 3.8) is 0 Å². The van der Waals surface area contributed by atoms with Crippen LogP contribution in [0.1, 0.15) is 6.92 Å². The summed E-state index contributed by atoms with van der Waals surface area (Å²) in [5.41, 5.74) is 0. The Bertz CT molecular complexity index is 231. The predicted molar refractivity (Wildman–Crippen MR) is 52.6 cm³/mol. The molecule has 0 heterocycles. The minimum atomic E-state index is -0.162. The van der Waals surface area contributed by atoms with Gasteiger partial charge in [-0.3, -0.25) is 0 Å². The third kappa shape index (κ3) is 3.80. The van der Waals surface area contributed by atoms with Crippen LogP contribution in [0.5, 0.6) is 0 Å². The van der Waals surface area contributed by atoms with Crippen molar-refractivity contribution in [3.8, 4) is 0 Å². The molecule has 0 fully saturated rings. The van der Waals surface area contributed by atoms with Crippen molar-refractivity contribution in [1.82, 2.24) is 0 Å². The number of benzene rings is 1. The van der Waals surface area contributed by atoms with Crippen LogP contribution in [0.25, 0.3) is 0 Å². The Morgan fingerprint density at radius 2 is 2.08 bits per heavy atom. The second-order valence-electron chi connectivity index (χ2n) is 2.16. The predicted octanol–water partition coefficient (Wildman–Crippen LogP) is 1.52. The van der Waals surface area contributed by atoms with Crippen LogP contribution in [0.4, 0.5) is 0 Å². The Morgan fingerprint density at radius 3 is 2.75 bits per heavy atom. The van der Waals surface area contributed by atoms with Crippen LogP contribution in [0.2, 0.25) is 0 Å². The molecule has 2 heteroatoms. The van der Waals surface area contributed by atoms with Gasteiger partial charge in [-0.1, -0.05) is 0 Å². The monoisotopic (exact) mass is 278 g/mol. The van der Waals surface area contributed by atoms with Gasteiger partial charge in [0.05, 0.1) is 0 Å².